The fourth-order valence-corrected chi connectivity index (χ4v) is 4.35. The van der Waals surface area contributed by atoms with E-state index in [9.17, 15) is 4.79 Å². The van der Waals surface area contributed by atoms with Crippen molar-refractivity contribution in [2.24, 2.45) is 5.92 Å². The number of esters is 1. The van der Waals surface area contributed by atoms with Gasteiger partial charge in [-0.15, -0.1) is 0 Å². The largest absolute Gasteiger partial charge is 0.495 e. The molecule has 0 radical (unpaired) electrons. The predicted octanol–water partition coefficient (Wildman–Crippen LogP) is 5.37. The monoisotopic (exact) mass is 396 g/mol. The maximum atomic E-state index is 12.2. The quantitative estimate of drug-likeness (QED) is 0.524. The molecule has 2 aromatic heterocycles. The van der Waals surface area contributed by atoms with Gasteiger partial charge in [0.15, 0.2) is 0 Å². The number of nitrogens with zero attached hydrogens (tertiary/aromatic N) is 2. The van der Waals surface area contributed by atoms with Gasteiger partial charge in [-0.3, -0.25) is 0 Å². The molecule has 2 heterocycles. The topological polar surface area (TPSA) is 66.5 Å². The molecule has 0 spiro atoms. The van der Waals surface area contributed by atoms with Gasteiger partial charge in [0.05, 0.1) is 30.5 Å². The summed E-state index contributed by atoms with van der Waals surface area (Å²) in [6, 6.07) is 6.00. The zero-order valence-electron chi connectivity index (χ0n) is 17.4. The molecule has 3 aromatic rings. The van der Waals surface area contributed by atoms with Gasteiger partial charge in [-0.25, -0.2) is 9.78 Å². The minimum absolute atomic E-state index is 0.165. The van der Waals surface area contributed by atoms with Gasteiger partial charge in [-0.05, 0) is 38.7 Å². The summed E-state index contributed by atoms with van der Waals surface area (Å²) in [4.78, 5) is 16.7. The Morgan fingerprint density at radius 1 is 1.28 bits per heavy atom. The molecule has 1 aromatic carbocycles. The van der Waals surface area contributed by atoms with Crippen molar-refractivity contribution in [2.45, 2.75) is 52.5 Å². The minimum atomic E-state index is -0.479. The van der Waals surface area contributed by atoms with Crippen molar-refractivity contribution >= 4 is 16.9 Å². The highest BCUT2D eigenvalue weighted by Gasteiger charge is 2.24. The standard InChI is InChI=1S/C23H28N2O4/c1-4-28-23(26)21-15(2)24-22(29-21)18-14-25(13-16-9-6-5-7-10-16)20-17(18)11-8-12-19(20)27-3/h8,11-12,14,16H,4-7,9-10,13H2,1-3H3. The van der Waals surface area contributed by atoms with Crippen molar-refractivity contribution in [3.8, 4) is 17.2 Å². The average molecular weight is 396 g/mol. The Bertz CT molecular complexity index is 1010. The molecule has 29 heavy (non-hydrogen) atoms. The molecule has 0 atom stereocenters. The number of para-hydroxylation sites is 1. The first-order valence-electron chi connectivity index (χ1n) is 10.4. The van der Waals surface area contributed by atoms with E-state index in [0.717, 1.165) is 28.8 Å². The molecule has 0 unspecified atom stereocenters. The van der Waals surface area contributed by atoms with Crippen LogP contribution in [-0.4, -0.2) is 29.2 Å². The number of carbonyl (C=O) groups excluding carboxylic acids is 1. The van der Waals surface area contributed by atoms with E-state index >= 15 is 0 Å². The van der Waals surface area contributed by atoms with E-state index in [1.54, 1.807) is 21.0 Å². The number of benzene rings is 1. The lowest BCUT2D eigenvalue weighted by molar-refractivity contribution is 0.0490. The molecule has 0 bridgehead atoms. The van der Waals surface area contributed by atoms with Gasteiger partial charge in [0.2, 0.25) is 11.7 Å². The summed E-state index contributed by atoms with van der Waals surface area (Å²) in [7, 11) is 1.69. The Labute approximate surface area is 170 Å². The Morgan fingerprint density at radius 2 is 2.07 bits per heavy atom. The minimum Gasteiger partial charge on any atom is -0.495 e. The van der Waals surface area contributed by atoms with Gasteiger partial charge in [0.25, 0.3) is 0 Å². The first kappa shape index (κ1) is 19.6. The number of fused-ring (bicyclic) bond motifs is 1. The van der Waals surface area contributed by atoms with E-state index in [1.807, 2.05) is 18.2 Å². The fourth-order valence-electron chi connectivity index (χ4n) is 4.35. The van der Waals surface area contributed by atoms with Gasteiger partial charge in [0, 0.05) is 18.1 Å². The second kappa shape index (κ2) is 8.31. The third kappa shape index (κ3) is 3.76. The molecular weight excluding hydrogens is 368 g/mol. The summed E-state index contributed by atoms with van der Waals surface area (Å²) in [5.74, 6) is 1.62. The number of aryl methyl sites for hydroxylation is 1. The highest BCUT2D eigenvalue weighted by atomic mass is 16.5. The molecule has 6 nitrogen and oxygen atoms in total. The van der Waals surface area contributed by atoms with Crippen LogP contribution in [0.2, 0.25) is 0 Å². The number of ether oxygens (including phenoxy) is 2. The Balaban J connectivity index is 1.79. The van der Waals surface area contributed by atoms with Crippen molar-refractivity contribution in [2.75, 3.05) is 13.7 Å². The molecule has 0 aliphatic heterocycles. The first-order chi connectivity index (χ1) is 14.1. The van der Waals surface area contributed by atoms with Gasteiger partial charge in [-0.2, -0.15) is 0 Å². The SMILES string of the molecule is CCOC(=O)c1oc(-c2cn(CC3CCCCC3)c3c(OC)cccc23)nc1C. The zero-order chi connectivity index (χ0) is 20.4. The van der Waals surface area contributed by atoms with E-state index in [1.165, 1.54) is 32.1 Å². The van der Waals surface area contributed by atoms with Crippen LogP contribution in [0.25, 0.3) is 22.4 Å². The van der Waals surface area contributed by atoms with E-state index in [2.05, 4.69) is 15.7 Å². The van der Waals surface area contributed by atoms with E-state index in [4.69, 9.17) is 13.9 Å². The lowest BCUT2D eigenvalue weighted by Crippen LogP contribution is -2.13. The summed E-state index contributed by atoms with van der Waals surface area (Å²) < 4.78 is 18.9. The van der Waals surface area contributed by atoms with Crippen molar-refractivity contribution < 1.29 is 18.7 Å². The van der Waals surface area contributed by atoms with Crippen LogP contribution in [0.15, 0.2) is 28.8 Å². The van der Waals surface area contributed by atoms with Gasteiger partial charge in [0.1, 0.15) is 5.75 Å². The number of methoxy groups -OCH3 is 1. The normalized spacial score (nSPS) is 15.0. The van der Waals surface area contributed by atoms with Gasteiger partial charge >= 0.3 is 5.97 Å². The lowest BCUT2D eigenvalue weighted by atomic mass is 9.89. The van der Waals surface area contributed by atoms with E-state index in [0.29, 0.717) is 24.1 Å². The van der Waals surface area contributed by atoms with Crippen LogP contribution in [0.3, 0.4) is 0 Å². The van der Waals surface area contributed by atoms with Crippen molar-refractivity contribution in [1.82, 2.24) is 9.55 Å². The molecule has 154 valence electrons. The van der Waals surface area contributed by atoms with Crippen LogP contribution in [0.1, 0.15) is 55.3 Å². The fraction of sp³-hybridized carbons (Fsp3) is 0.478. The molecular formula is C23H28N2O4. The van der Waals surface area contributed by atoms with Crippen molar-refractivity contribution in [1.29, 1.82) is 0 Å². The average Bonchev–Trinajstić information content (AvgIpc) is 3.29. The lowest BCUT2D eigenvalue weighted by Gasteiger charge is -2.22. The van der Waals surface area contributed by atoms with Crippen LogP contribution in [0.5, 0.6) is 5.75 Å². The van der Waals surface area contributed by atoms with Crippen molar-refractivity contribution in [3.63, 3.8) is 0 Å². The Hall–Kier alpha value is -2.76. The van der Waals surface area contributed by atoms with Crippen LogP contribution in [0.4, 0.5) is 0 Å². The number of hydrogen-bond donors (Lipinski definition) is 0. The summed E-state index contributed by atoms with van der Waals surface area (Å²) in [6.45, 7) is 4.78. The van der Waals surface area contributed by atoms with Crippen LogP contribution >= 0.6 is 0 Å². The number of hydrogen-bond acceptors (Lipinski definition) is 5. The second-order valence-electron chi connectivity index (χ2n) is 7.71. The predicted molar refractivity (Wildman–Crippen MR) is 111 cm³/mol. The maximum absolute atomic E-state index is 12.2. The van der Waals surface area contributed by atoms with E-state index < -0.39 is 5.97 Å². The molecule has 1 aliphatic carbocycles. The molecule has 1 fully saturated rings. The number of aromatic nitrogens is 2. The van der Waals surface area contributed by atoms with Crippen LogP contribution < -0.4 is 4.74 Å². The maximum Gasteiger partial charge on any atom is 0.376 e. The van der Waals surface area contributed by atoms with Crippen LogP contribution in [0, 0.1) is 12.8 Å². The zero-order valence-corrected chi connectivity index (χ0v) is 17.4. The molecule has 0 amide bonds. The number of oxazole rings is 1. The Kier molecular flexibility index (Phi) is 5.60. The highest BCUT2D eigenvalue weighted by molar-refractivity contribution is 5.98. The summed E-state index contributed by atoms with van der Waals surface area (Å²) in [6.07, 6.45) is 8.54. The molecule has 4 rings (SSSR count). The first-order valence-corrected chi connectivity index (χ1v) is 10.4. The van der Waals surface area contributed by atoms with E-state index in [-0.39, 0.29) is 5.76 Å². The third-order valence-electron chi connectivity index (χ3n) is 5.75. The molecule has 6 heteroatoms. The molecule has 1 saturated carbocycles. The van der Waals surface area contributed by atoms with Crippen molar-refractivity contribution in [3.05, 3.63) is 35.9 Å². The summed E-state index contributed by atoms with van der Waals surface area (Å²) >= 11 is 0. The third-order valence-corrected chi connectivity index (χ3v) is 5.75. The Morgan fingerprint density at radius 3 is 2.79 bits per heavy atom. The number of carbonyl (C=O) groups is 1. The molecule has 0 saturated heterocycles. The number of rotatable bonds is 6. The summed E-state index contributed by atoms with van der Waals surface area (Å²) in [5.41, 5.74) is 2.45. The molecule has 0 N–H and O–H groups in total. The second-order valence-corrected chi connectivity index (χ2v) is 7.71. The smallest absolute Gasteiger partial charge is 0.376 e. The van der Waals surface area contributed by atoms with Crippen LogP contribution in [-0.2, 0) is 11.3 Å². The van der Waals surface area contributed by atoms with Gasteiger partial charge in [-0.1, -0.05) is 31.4 Å². The van der Waals surface area contributed by atoms with Gasteiger partial charge < -0.3 is 18.5 Å². The summed E-state index contributed by atoms with van der Waals surface area (Å²) in [5, 5.41) is 1.01. The highest BCUT2D eigenvalue weighted by Crippen LogP contribution is 2.37. The molecule has 1 aliphatic rings.